The van der Waals surface area contributed by atoms with Gasteiger partial charge in [-0.05, 0) is 86.3 Å². The number of piperidine rings is 1. The Hall–Kier alpha value is -1.27. The Morgan fingerprint density at radius 2 is 1.56 bits per heavy atom. The van der Waals surface area contributed by atoms with Crippen LogP contribution < -0.4 is 0 Å². The lowest BCUT2D eigenvalue weighted by Crippen LogP contribution is -2.39. The molecule has 4 nitrogen and oxygen atoms in total. The summed E-state index contributed by atoms with van der Waals surface area (Å²) in [6, 6.07) is 7.16. The van der Waals surface area contributed by atoms with Crippen LogP contribution in [0.5, 0.6) is 0 Å². The minimum atomic E-state index is 0.244. The van der Waals surface area contributed by atoms with Gasteiger partial charge in [-0.15, -0.1) is 11.3 Å². The van der Waals surface area contributed by atoms with E-state index < -0.39 is 0 Å². The standard InChI is InChI=1S/C29H43N3OS/c1-28(2)10-11-29(3,4)25-20-23(6-7-24(25)28)26-21-34-27(30-26)22-8-14-31(15-9-22)12-5-13-32-16-18-33-19-17-32/h6-7,20-22H,5,8-19H2,1-4H3. The monoisotopic (exact) mass is 481 g/mol. The van der Waals surface area contributed by atoms with Crippen LogP contribution in [0.25, 0.3) is 11.3 Å². The van der Waals surface area contributed by atoms with Gasteiger partial charge in [-0.2, -0.15) is 0 Å². The number of fused-ring (bicyclic) bond motifs is 1. The minimum absolute atomic E-state index is 0.244. The average Bonchev–Trinajstić information content (AvgIpc) is 3.33. The summed E-state index contributed by atoms with van der Waals surface area (Å²) < 4.78 is 5.46. The van der Waals surface area contributed by atoms with Gasteiger partial charge in [0.05, 0.1) is 23.9 Å². The van der Waals surface area contributed by atoms with Crippen molar-refractivity contribution >= 4 is 11.3 Å². The van der Waals surface area contributed by atoms with Crippen molar-refractivity contribution in [3.8, 4) is 11.3 Å². The highest BCUT2D eigenvalue weighted by molar-refractivity contribution is 7.10. The molecule has 0 saturated carbocycles. The second kappa shape index (κ2) is 10.0. The molecule has 2 fully saturated rings. The molecular formula is C29H43N3OS. The van der Waals surface area contributed by atoms with Crippen molar-refractivity contribution in [1.29, 1.82) is 0 Å². The molecule has 3 heterocycles. The molecular weight excluding hydrogens is 438 g/mol. The molecule has 5 rings (SSSR count). The number of hydrogen-bond donors (Lipinski definition) is 0. The first-order chi connectivity index (χ1) is 16.3. The van der Waals surface area contributed by atoms with E-state index >= 15 is 0 Å². The molecule has 186 valence electrons. The second-order valence-electron chi connectivity index (χ2n) is 12.0. The van der Waals surface area contributed by atoms with Crippen molar-refractivity contribution < 1.29 is 4.74 Å². The molecule has 0 spiro atoms. The topological polar surface area (TPSA) is 28.6 Å². The Labute approximate surface area is 210 Å². The van der Waals surface area contributed by atoms with Crippen molar-refractivity contribution in [3.63, 3.8) is 0 Å². The molecule has 0 atom stereocenters. The summed E-state index contributed by atoms with van der Waals surface area (Å²) in [5, 5.41) is 3.65. The fraction of sp³-hybridized carbons (Fsp3) is 0.690. The zero-order valence-corrected chi connectivity index (χ0v) is 22.6. The lowest BCUT2D eigenvalue weighted by molar-refractivity contribution is 0.0357. The zero-order valence-electron chi connectivity index (χ0n) is 21.7. The van der Waals surface area contributed by atoms with Gasteiger partial charge in [0.1, 0.15) is 0 Å². The Bertz CT molecular complexity index is 968. The van der Waals surface area contributed by atoms with Crippen LogP contribution in [0, 0.1) is 0 Å². The molecule has 3 aliphatic rings. The molecule has 34 heavy (non-hydrogen) atoms. The number of morpholine rings is 1. The minimum Gasteiger partial charge on any atom is -0.379 e. The number of thiazole rings is 1. The van der Waals surface area contributed by atoms with Gasteiger partial charge in [0.15, 0.2) is 0 Å². The van der Waals surface area contributed by atoms with E-state index in [9.17, 15) is 0 Å². The SMILES string of the molecule is CC1(C)CCC(C)(C)c2cc(-c3csc(C4CCN(CCCN5CCOCC5)CC4)n3)ccc21. The molecule has 0 radical (unpaired) electrons. The third kappa shape index (κ3) is 5.28. The number of likely N-dealkylation sites (tertiary alicyclic amines) is 1. The van der Waals surface area contributed by atoms with Crippen LogP contribution in [0.4, 0.5) is 0 Å². The van der Waals surface area contributed by atoms with Crippen LogP contribution in [0.2, 0.25) is 0 Å². The smallest absolute Gasteiger partial charge is 0.0964 e. The van der Waals surface area contributed by atoms with Gasteiger partial charge >= 0.3 is 0 Å². The van der Waals surface area contributed by atoms with Crippen LogP contribution in [0.15, 0.2) is 23.6 Å². The van der Waals surface area contributed by atoms with Crippen LogP contribution in [-0.2, 0) is 15.6 Å². The lowest BCUT2D eigenvalue weighted by atomic mass is 9.63. The summed E-state index contributed by atoms with van der Waals surface area (Å²) in [5.41, 5.74) is 6.05. The van der Waals surface area contributed by atoms with Crippen molar-refractivity contribution in [2.75, 3.05) is 52.5 Å². The number of benzene rings is 1. The van der Waals surface area contributed by atoms with Gasteiger partial charge in [-0.1, -0.05) is 39.8 Å². The van der Waals surface area contributed by atoms with Crippen molar-refractivity contribution in [1.82, 2.24) is 14.8 Å². The van der Waals surface area contributed by atoms with Crippen molar-refractivity contribution in [3.05, 3.63) is 39.7 Å². The van der Waals surface area contributed by atoms with E-state index in [0.717, 1.165) is 26.3 Å². The Balaban J connectivity index is 1.18. The van der Waals surface area contributed by atoms with E-state index in [0.29, 0.717) is 5.92 Å². The molecule has 0 bridgehead atoms. The van der Waals surface area contributed by atoms with Gasteiger partial charge in [0.25, 0.3) is 0 Å². The third-order valence-corrected chi connectivity index (χ3v) is 9.67. The molecule has 2 aliphatic heterocycles. The van der Waals surface area contributed by atoms with E-state index in [1.165, 1.54) is 85.7 Å². The summed E-state index contributed by atoms with van der Waals surface area (Å²) in [4.78, 5) is 10.4. The molecule has 1 aromatic heterocycles. The highest BCUT2D eigenvalue weighted by Crippen LogP contribution is 2.47. The maximum atomic E-state index is 5.46. The van der Waals surface area contributed by atoms with E-state index in [2.05, 4.69) is 61.1 Å². The fourth-order valence-electron chi connectivity index (χ4n) is 6.10. The van der Waals surface area contributed by atoms with Gasteiger partial charge < -0.3 is 9.64 Å². The van der Waals surface area contributed by atoms with Crippen LogP contribution in [0.3, 0.4) is 0 Å². The predicted molar refractivity (Wildman–Crippen MR) is 143 cm³/mol. The number of rotatable bonds is 6. The summed E-state index contributed by atoms with van der Waals surface area (Å²) >= 11 is 1.88. The maximum Gasteiger partial charge on any atom is 0.0964 e. The Morgan fingerprint density at radius 1 is 0.912 bits per heavy atom. The van der Waals surface area contributed by atoms with E-state index in [1.54, 1.807) is 0 Å². The number of nitrogens with zero attached hydrogens (tertiary/aromatic N) is 3. The zero-order chi connectivity index (χ0) is 23.8. The van der Waals surface area contributed by atoms with Gasteiger partial charge in [-0.3, -0.25) is 4.90 Å². The average molecular weight is 482 g/mol. The third-order valence-electron chi connectivity index (χ3n) is 8.66. The summed E-state index contributed by atoms with van der Waals surface area (Å²) in [6.45, 7) is 18.5. The largest absolute Gasteiger partial charge is 0.379 e. The highest BCUT2D eigenvalue weighted by atomic mass is 32.1. The number of ether oxygens (including phenoxy) is 1. The second-order valence-corrected chi connectivity index (χ2v) is 12.9. The first kappa shape index (κ1) is 24.4. The fourth-order valence-corrected chi connectivity index (χ4v) is 7.10. The summed E-state index contributed by atoms with van der Waals surface area (Å²) in [6.07, 6.45) is 6.28. The van der Waals surface area contributed by atoms with Crippen LogP contribution >= 0.6 is 11.3 Å². The van der Waals surface area contributed by atoms with Crippen molar-refractivity contribution in [2.45, 2.75) is 76.5 Å². The molecule has 0 unspecified atom stereocenters. The van der Waals surface area contributed by atoms with Crippen LogP contribution in [0.1, 0.15) is 81.9 Å². The van der Waals surface area contributed by atoms with E-state index in [-0.39, 0.29) is 10.8 Å². The lowest BCUT2D eigenvalue weighted by Gasteiger charge is -2.42. The Morgan fingerprint density at radius 3 is 2.26 bits per heavy atom. The molecule has 1 aliphatic carbocycles. The first-order valence-electron chi connectivity index (χ1n) is 13.5. The Kier molecular flexibility index (Phi) is 7.19. The van der Waals surface area contributed by atoms with Crippen molar-refractivity contribution in [2.24, 2.45) is 0 Å². The number of aromatic nitrogens is 1. The first-order valence-corrected chi connectivity index (χ1v) is 14.3. The summed E-state index contributed by atoms with van der Waals surface area (Å²) in [7, 11) is 0. The quantitative estimate of drug-likeness (QED) is 0.501. The molecule has 1 aromatic carbocycles. The van der Waals surface area contributed by atoms with Gasteiger partial charge in [0, 0.05) is 30.0 Å². The molecule has 2 aromatic rings. The molecule has 2 saturated heterocycles. The van der Waals surface area contributed by atoms with Gasteiger partial charge in [-0.25, -0.2) is 4.98 Å². The van der Waals surface area contributed by atoms with E-state index in [1.807, 2.05) is 11.3 Å². The number of hydrogen-bond acceptors (Lipinski definition) is 5. The highest BCUT2D eigenvalue weighted by Gasteiger charge is 2.37. The van der Waals surface area contributed by atoms with Crippen LogP contribution in [-0.4, -0.2) is 67.3 Å². The molecule has 5 heteroatoms. The predicted octanol–water partition coefficient (Wildman–Crippen LogP) is 6.06. The summed E-state index contributed by atoms with van der Waals surface area (Å²) in [5.74, 6) is 0.627. The molecule has 0 N–H and O–H groups in total. The maximum absolute atomic E-state index is 5.46. The normalized spacial score (nSPS) is 23.6. The van der Waals surface area contributed by atoms with E-state index in [4.69, 9.17) is 9.72 Å². The molecule has 0 amide bonds. The van der Waals surface area contributed by atoms with Gasteiger partial charge in [0.2, 0.25) is 0 Å².